The van der Waals surface area contributed by atoms with Gasteiger partial charge in [-0.2, -0.15) is 0 Å². The molecule has 3 aromatic carbocycles. The summed E-state index contributed by atoms with van der Waals surface area (Å²) in [5.74, 6) is 2.16. The Bertz CT molecular complexity index is 1280. The van der Waals surface area contributed by atoms with Gasteiger partial charge in [0, 0.05) is 19.5 Å². The van der Waals surface area contributed by atoms with Crippen molar-refractivity contribution in [2.75, 3.05) is 13.2 Å². The van der Waals surface area contributed by atoms with E-state index in [0.717, 1.165) is 79.8 Å². The molecular weight excluding hydrogens is 458 g/mol. The highest BCUT2D eigenvalue weighted by Crippen LogP contribution is 2.19. The molecule has 194 valence electrons. The van der Waals surface area contributed by atoms with Gasteiger partial charge in [0.1, 0.15) is 11.6 Å². The molecule has 0 spiro atoms. The molecule has 0 saturated heterocycles. The van der Waals surface area contributed by atoms with E-state index in [1.165, 1.54) is 11.1 Å². The second kappa shape index (κ2) is 13.6. The number of ether oxygens (including phenoxy) is 1. The molecule has 5 nitrogen and oxygen atoms in total. The zero-order valence-electron chi connectivity index (χ0n) is 22.2. The Hall–Kier alpha value is -3.60. The van der Waals surface area contributed by atoms with Gasteiger partial charge in [0.2, 0.25) is 5.91 Å². The van der Waals surface area contributed by atoms with Crippen LogP contribution in [0.2, 0.25) is 0 Å². The van der Waals surface area contributed by atoms with Gasteiger partial charge in [-0.25, -0.2) is 4.98 Å². The van der Waals surface area contributed by atoms with Crippen molar-refractivity contribution in [1.29, 1.82) is 0 Å². The summed E-state index contributed by atoms with van der Waals surface area (Å²) >= 11 is 0. The van der Waals surface area contributed by atoms with Gasteiger partial charge in [0.25, 0.3) is 0 Å². The molecule has 1 heterocycles. The van der Waals surface area contributed by atoms with Gasteiger partial charge in [-0.3, -0.25) is 4.79 Å². The smallest absolute Gasteiger partial charge is 0.224 e. The predicted octanol–water partition coefficient (Wildman–Crippen LogP) is 6.45. The van der Waals surface area contributed by atoms with Crippen LogP contribution in [0.3, 0.4) is 0 Å². The van der Waals surface area contributed by atoms with Crippen LogP contribution in [-0.4, -0.2) is 28.6 Å². The summed E-state index contributed by atoms with van der Waals surface area (Å²) in [5, 5.41) is 3.07. The maximum absolute atomic E-state index is 12.3. The van der Waals surface area contributed by atoms with Crippen LogP contribution < -0.4 is 10.1 Å². The van der Waals surface area contributed by atoms with Crippen molar-refractivity contribution < 1.29 is 9.53 Å². The standard InChI is InChI=1S/C32H39N3O2/c1-3-26-17-19-28(20-18-26)37-23-11-22-35-30-15-9-8-14-29(30)34-31(35)16-5-4-10-21-33-32(36)24-27-13-7-6-12-25(27)2/h6-9,12-15,17-20H,3-5,10-11,16,21-24H2,1-2H3,(H,33,36). The van der Waals surface area contributed by atoms with Crippen LogP contribution in [0.1, 0.15) is 55.1 Å². The maximum Gasteiger partial charge on any atom is 0.224 e. The molecule has 37 heavy (non-hydrogen) atoms. The zero-order chi connectivity index (χ0) is 25.9. The average molecular weight is 498 g/mol. The number of nitrogens with zero attached hydrogens (tertiary/aromatic N) is 2. The largest absolute Gasteiger partial charge is 0.494 e. The molecule has 4 aromatic rings. The van der Waals surface area contributed by atoms with E-state index in [4.69, 9.17) is 9.72 Å². The summed E-state index contributed by atoms with van der Waals surface area (Å²) < 4.78 is 8.33. The molecule has 0 aliphatic carbocycles. The molecule has 1 aromatic heterocycles. The van der Waals surface area contributed by atoms with E-state index in [-0.39, 0.29) is 5.91 Å². The topological polar surface area (TPSA) is 56.1 Å². The van der Waals surface area contributed by atoms with E-state index in [1.54, 1.807) is 0 Å². The molecule has 0 fully saturated rings. The number of hydrogen-bond donors (Lipinski definition) is 1. The Labute approximate surface area is 220 Å². The van der Waals surface area contributed by atoms with Crippen LogP contribution in [0.4, 0.5) is 0 Å². The Morgan fingerprint density at radius 1 is 0.919 bits per heavy atom. The highest BCUT2D eigenvalue weighted by atomic mass is 16.5. The number of para-hydroxylation sites is 2. The second-order valence-corrected chi connectivity index (χ2v) is 9.63. The Morgan fingerprint density at radius 2 is 1.70 bits per heavy atom. The molecular formula is C32H39N3O2. The van der Waals surface area contributed by atoms with E-state index < -0.39 is 0 Å². The van der Waals surface area contributed by atoms with Crippen LogP contribution in [-0.2, 0) is 30.6 Å². The maximum atomic E-state index is 12.3. The van der Waals surface area contributed by atoms with Gasteiger partial charge >= 0.3 is 0 Å². The minimum atomic E-state index is 0.0969. The lowest BCUT2D eigenvalue weighted by molar-refractivity contribution is -0.120. The molecule has 0 unspecified atom stereocenters. The molecule has 0 aliphatic heterocycles. The van der Waals surface area contributed by atoms with E-state index in [1.807, 2.05) is 37.3 Å². The van der Waals surface area contributed by atoms with E-state index in [9.17, 15) is 4.79 Å². The summed E-state index contributed by atoms with van der Waals surface area (Å²) in [6.45, 7) is 6.50. The molecule has 1 amide bonds. The van der Waals surface area contributed by atoms with E-state index in [0.29, 0.717) is 13.0 Å². The first kappa shape index (κ1) is 26.5. The van der Waals surface area contributed by atoms with Crippen molar-refractivity contribution >= 4 is 16.9 Å². The zero-order valence-corrected chi connectivity index (χ0v) is 22.2. The highest BCUT2D eigenvalue weighted by molar-refractivity contribution is 5.78. The third-order valence-corrected chi connectivity index (χ3v) is 6.87. The number of carbonyl (C=O) groups excluding carboxylic acids is 1. The SMILES string of the molecule is CCc1ccc(OCCCn2c(CCCCCNC(=O)Cc3ccccc3C)nc3ccccc32)cc1. The lowest BCUT2D eigenvalue weighted by Gasteiger charge is -2.11. The summed E-state index contributed by atoms with van der Waals surface area (Å²) in [6, 6.07) is 24.8. The number of hydrogen-bond acceptors (Lipinski definition) is 3. The highest BCUT2D eigenvalue weighted by Gasteiger charge is 2.10. The van der Waals surface area contributed by atoms with E-state index in [2.05, 4.69) is 59.3 Å². The molecule has 0 aliphatic rings. The number of aromatic nitrogens is 2. The Morgan fingerprint density at radius 3 is 2.51 bits per heavy atom. The van der Waals surface area contributed by atoms with Gasteiger partial charge in [-0.1, -0.05) is 61.9 Å². The van der Waals surface area contributed by atoms with Crippen molar-refractivity contribution in [3.63, 3.8) is 0 Å². The number of aryl methyl sites for hydroxylation is 4. The second-order valence-electron chi connectivity index (χ2n) is 9.63. The quantitative estimate of drug-likeness (QED) is 0.204. The molecule has 0 atom stereocenters. The molecule has 4 rings (SSSR count). The van der Waals surface area contributed by atoms with Crippen LogP contribution in [0.15, 0.2) is 72.8 Å². The monoisotopic (exact) mass is 497 g/mol. The lowest BCUT2D eigenvalue weighted by atomic mass is 10.1. The Kier molecular flexibility index (Phi) is 9.75. The number of nitrogens with one attached hydrogen (secondary N) is 1. The third-order valence-electron chi connectivity index (χ3n) is 6.87. The van der Waals surface area contributed by atoms with Crippen LogP contribution in [0, 0.1) is 6.92 Å². The summed E-state index contributed by atoms with van der Waals surface area (Å²) in [5.41, 5.74) is 5.83. The molecule has 5 heteroatoms. The van der Waals surface area contributed by atoms with Crippen LogP contribution in [0.25, 0.3) is 11.0 Å². The molecule has 0 radical (unpaired) electrons. The Balaban J connectivity index is 1.21. The van der Waals surface area contributed by atoms with Gasteiger partial charge in [-0.05, 0) is 73.6 Å². The fraction of sp³-hybridized carbons (Fsp3) is 0.375. The van der Waals surface area contributed by atoms with Crippen LogP contribution in [0.5, 0.6) is 5.75 Å². The lowest BCUT2D eigenvalue weighted by Crippen LogP contribution is -2.26. The predicted molar refractivity (Wildman–Crippen MR) is 151 cm³/mol. The normalized spacial score (nSPS) is 11.1. The summed E-state index contributed by atoms with van der Waals surface area (Å²) in [4.78, 5) is 17.2. The first-order chi connectivity index (χ1) is 18.1. The number of fused-ring (bicyclic) bond motifs is 1. The molecule has 0 saturated carbocycles. The fourth-order valence-electron chi connectivity index (χ4n) is 4.66. The number of benzene rings is 3. The van der Waals surface area contributed by atoms with Crippen molar-refractivity contribution in [2.45, 2.75) is 65.3 Å². The van der Waals surface area contributed by atoms with Crippen molar-refractivity contribution in [3.05, 3.63) is 95.3 Å². The van der Waals surface area contributed by atoms with Crippen LogP contribution >= 0.6 is 0 Å². The third kappa shape index (κ3) is 7.69. The molecule has 0 bridgehead atoms. The number of unbranched alkanes of at least 4 members (excludes halogenated alkanes) is 2. The van der Waals surface area contributed by atoms with Gasteiger partial charge in [0.15, 0.2) is 0 Å². The van der Waals surface area contributed by atoms with Gasteiger partial charge in [-0.15, -0.1) is 0 Å². The van der Waals surface area contributed by atoms with Gasteiger partial charge in [0.05, 0.1) is 24.1 Å². The van der Waals surface area contributed by atoms with Gasteiger partial charge < -0.3 is 14.6 Å². The van der Waals surface area contributed by atoms with Crippen molar-refractivity contribution in [1.82, 2.24) is 14.9 Å². The van der Waals surface area contributed by atoms with Crippen molar-refractivity contribution in [3.8, 4) is 5.75 Å². The minimum Gasteiger partial charge on any atom is -0.494 e. The summed E-state index contributed by atoms with van der Waals surface area (Å²) in [7, 11) is 0. The summed E-state index contributed by atoms with van der Waals surface area (Å²) in [6.07, 6.45) is 6.44. The minimum absolute atomic E-state index is 0.0969. The number of rotatable bonds is 14. The number of imidazole rings is 1. The first-order valence-electron chi connectivity index (χ1n) is 13.6. The number of carbonyl (C=O) groups is 1. The average Bonchev–Trinajstić information content (AvgIpc) is 3.27. The fourth-order valence-corrected chi connectivity index (χ4v) is 4.66. The first-order valence-corrected chi connectivity index (χ1v) is 13.6. The van der Waals surface area contributed by atoms with Crippen molar-refractivity contribution in [2.24, 2.45) is 0 Å². The number of amides is 1. The van der Waals surface area contributed by atoms with E-state index >= 15 is 0 Å². The molecule has 1 N–H and O–H groups in total.